The van der Waals surface area contributed by atoms with Gasteiger partial charge in [0.05, 0.1) is 16.3 Å². The van der Waals surface area contributed by atoms with Gasteiger partial charge in [0, 0.05) is 12.7 Å². The Bertz CT molecular complexity index is 977. The van der Waals surface area contributed by atoms with Crippen molar-refractivity contribution in [2.24, 2.45) is 0 Å². The van der Waals surface area contributed by atoms with Crippen molar-refractivity contribution in [1.82, 2.24) is 25.2 Å². The molecule has 3 rings (SSSR count). The van der Waals surface area contributed by atoms with E-state index < -0.39 is 23.7 Å². The summed E-state index contributed by atoms with van der Waals surface area (Å²) in [7, 11) is 0. The van der Waals surface area contributed by atoms with Crippen LogP contribution in [0.5, 0.6) is 0 Å². The maximum absolute atomic E-state index is 13.0. The number of allylic oxidation sites excluding steroid dienone is 1. The van der Waals surface area contributed by atoms with Gasteiger partial charge in [-0.2, -0.15) is 13.2 Å². The van der Waals surface area contributed by atoms with E-state index in [1.807, 2.05) is 0 Å². The van der Waals surface area contributed by atoms with Crippen molar-refractivity contribution in [3.63, 3.8) is 0 Å². The van der Waals surface area contributed by atoms with E-state index in [1.165, 1.54) is 12.0 Å². The Morgan fingerprint density at radius 1 is 1.27 bits per heavy atom. The number of thioether (sulfide) groups is 1. The van der Waals surface area contributed by atoms with E-state index in [2.05, 4.69) is 26.9 Å². The van der Waals surface area contributed by atoms with Crippen molar-refractivity contribution in [2.45, 2.75) is 43.4 Å². The third-order valence-corrected chi connectivity index (χ3v) is 5.68. The van der Waals surface area contributed by atoms with Crippen molar-refractivity contribution >= 4 is 40.9 Å². The first-order chi connectivity index (χ1) is 14.2. The standard InChI is InChI=1S/C18H19ClF3N5O2S/c19-13-8-12(18(20,21)22)9-27-15(13)25-26-17(27)30-10-14(28)24-16(29)23-7-6-11-4-2-1-3-5-11/h4,8-9H,1-3,5-7,10H2,(H2,23,24,28,29). The summed E-state index contributed by atoms with van der Waals surface area (Å²) >= 11 is 6.69. The van der Waals surface area contributed by atoms with Gasteiger partial charge in [0.25, 0.3) is 0 Å². The first kappa shape index (κ1) is 22.4. The van der Waals surface area contributed by atoms with E-state index in [1.54, 1.807) is 0 Å². The average Bonchev–Trinajstić information content (AvgIpc) is 3.10. The van der Waals surface area contributed by atoms with Gasteiger partial charge >= 0.3 is 12.2 Å². The molecule has 0 fully saturated rings. The van der Waals surface area contributed by atoms with E-state index in [0.29, 0.717) is 6.54 Å². The molecule has 0 radical (unpaired) electrons. The number of hydrogen-bond acceptors (Lipinski definition) is 5. The lowest BCUT2D eigenvalue weighted by Gasteiger charge is -2.13. The third-order valence-electron chi connectivity index (χ3n) is 4.46. The van der Waals surface area contributed by atoms with Gasteiger partial charge < -0.3 is 5.32 Å². The van der Waals surface area contributed by atoms with Gasteiger partial charge in [0.2, 0.25) is 5.91 Å². The van der Waals surface area contributed by atoms with E-state index in [4.69, 9.17) is 11.6 Å². The van der Waals surface area contributed by atoms with Gasteiger partial charge in [0.15, 0.2) is 10.8 Å². The fraction of sp³-hybridized carbons (Fsp3) is 0.444. The molecule has 0 spiro atoms. The second-order valence-corrected chi connectivity index (χ2v) is 8.05. The topological polar surface area (TPSA) is 88.4 Å². The van der Waals surface area contributed by atoms with E-state index in [0.717, 1.165) is 54.1 Å². The largest absolute Gasteiger partial charge is 0.417 e. The van der Waals surface area contributed by atoms with Gasteiger partial charge in [-0.1, -0.05) is 35.0 Å². The van der Waals surface area contributed by atoms with E-state index in [9.17, 15) is 22.8 Å². The minimum atomic E-state index is -4.59. The Hall–Kier alpha value is -2.27. The minimum absolute atomic E-state index is 0.0438. The lowest BCUT2D eigenvalue weighted by atomic mass is 9.97. The molecule has 2 N–H and O–H groups in total. The molecule has 0 saturated heterocycles. The number of aromatic nitrogens is 3. The molecule has 1 aliphatic carbocycles. The Kier molecular flexibility index (Phi) is 7.24. The summed E-state index contributed by atoms with van der Waals surface area (Å²) in [6.07, 6.45) is 3.58. The van der Waals surface area contributed by atoms with Crippen LogP contribution in [0.4, 0.5) is 18.0 Å². The van der Waals surface area contributed by atoms with Crippen molar-refractivity contribution in [1.29, 1.82) is 0 Å². The lowest BCUT2D eigenvalue weighted by Crippen LogP contribution is -2.40. The number of carbonyl (C=O) groups is 2. The molecule has 0 aromatic carbocycles. The summed E-state index contributed by atoms with van der Waals surface area (Å²) in [4.78, 5) is 23.8. The maximum atomic E-state index is 13.0. The van der Waals surface area contributed by atoms with Gasteiger partial charge in [-0.25, -0.2) is 4.79 Å². The number of amides is 3. The van der Waals surface area contributed by atoms with Crippen LogP contribution < -0.4 is 10.6 Å². The average molecular weight is 462 g/mol. The summed E-state index contributed by atoms with van der Waals surface area (Å²) < 4.78 is 40.0. The van der Waals surface area contributed by atoms with Crippen LogP contribution in [0.2, 0.25) is 5.02 Å². The second-order valence-electron chi connectivity index (χ2n) is 6.70. The molecule has 0 saturated carbocycles. The second kappa shape index (κ2) is 9.69. The molecular weight excluding hydrogens is 443 g/mol. The summed E-state index contributed by atoms with van der Waals surface area (Å²) in [6.45, 7) is 0.422. The molecule has 2 heterocycles. The Morgan fingerprint density at radius 2 is 2.07 bits per heavy atom. The molecule has 162 valence electrons. The van der Waals surface area contributed by atoms with E-state index in [-0.39, 0.29) is 21.6 Å². The highest BCUT2D eigenvalue weighted by atomic mass is 35.5. The van der Waals surface area contributed by atoms with Crippen LogP contribution in [-0.2, 0) is 11.0 Å². The monoisotopic (exact) mass is 461 g/mol. The molecular formula is C18H19ClF3N5O2S. The third kappa shape index (κ3) is 5.88. The highest BCUT2D eigenvalue weighted by molar-refractivity contribution is 7.99. The first-order valence-electron chi connectivity index (χ1n) is 9.24. The number of rotatable bonds is 6. The quantitative estimate of drug-likeness (QED) is 0.497. The van der Waals surface area contributed by atoms with Gasteiger partial charge in [-0.15, -0.1) is 10.2 Å². The molecule has 30 heavy (non-hydrogen) atoms. The van der Waals surface area contributed by atoms with Gasteiger partial charge in [0.1, 0.15) is 0 Å². The normalized spacial score (nSPS) is 14.5. The molecule has 1 aliphatic rings. The van der Waals surface area contributed by atoms with E-state index >= 15 is 0 Å². The van der Waals surface area contributed by atoms with Crippen LogP contribution in [-0.4, -0.2) is 38.8 Å². The van der Waals surface area contributed by atoms with Crippen molar-refractivity contribution in [3.8, 4) is 0 Å². The molecule has 12 heteroatoms. The molecule has 0 aliphatic heterocycles. The van der Waals surface area contributed by atoms with Crippen LogP contribution in [0.3, 0.4) is 0 Å². The van der Waals surface area contributed by atoms with Crippen LogP contribution in [0, 0.1) is 0 Å². The number of nitrogens with zero attached hydrogens (tertiary/aromatic N) is 3. The van der Waals surface area contributed by atoms with Crippen LogP contribution >= 0.6 is 23.4 Å². The summed E-state index contributed by atoms with van der Waals surface area (Å²) in [6, 6.07) is 0.144. The predicted octanol–water partition coefficient (Wildman–Crippen LogP) is 4.21. The molecule has 0 atom stereocenters. The summed E-state index contributed by atoms with van der Waals surface area (Å²) in [5.74, 6) is -0.836. The van der Waals surface area contributed by atoms with Crippen molar-refractivity contribution < 1.29 is 22.8 Å². The number of carbonyl (C=O) groups excluding carboxylic acids is 2. The predicted molar refractivity (Wildman–Crippen MR) is 106 cm³/mol. The molecule has 0 unspecified atom stereocenters. The maximum Gasteiger partial charge on any atom is 0.417 e. The molecule has 2 aromatic heterocycles. The smallest absolute Gasteiger partial charge is 0.337 e. The zero-order valence-corrected chi connectivity index (χ0v) is 17.3. The summed E-state index contributed by atoms with van der Waals surface area (Å²) in [5, 5.41) is 12.2. The van der Waals surface area contributed by atoms with Gasteiger partial charge in [-0.3, -0.25) is 14.5 Å². The Morgan fingerprint density at radius 3 is 2.77 bits per heavy atom. The SMILES string of the molecule is O=C(CSc1nnc2c(Cl)cc(C(F)(F)F)cn12)NC(=O)NCCC1=CCCCC1. The minimum Gasteiger partial charge on any atom is -0.337 e. The summed E-state index contributed by atoms with van der Waals surface area (Å²) in [5.41, 5.74) is 0.389. The number of nitrogens with one attached hydrogen (secondary N) is 2. The number of urea groups is 1. The molecule has 3 amide bonds. The fourth-order valence-corrected chi connectivity index (χ4v) is 3.95. The first-order valence-corrected chi connectivity index (χ1v) is 10.6. The van der Waals surface area contributed by atoms with Crippen molar-refractivity contribution in [3.05, 3.63) is 34.5 Å². The number of alkyl halides is 3. The van der Waals surface area contributed by atoms with Crippen LogP contribution in [0.25, 0.3) is 5.65 Å². The van der Waals surface area contributed by atoms with Crippen molar-refractivity contribution in [2.75, 3.05) is 12.3 Å². The molecule has 2 aromatic rings. The zero-order valence-electron chi connectivity index (χ0n) is 15.8. The number of pyridine rings is 1. The number of imide groups is 1. The molecule has 7 nitrogen and oxygen atoms in total. The fourth-order valence-electron chi connectivity index (χ4n) is 2.99. The highest BCUT2D eigenvalue weighted by Gasteiger charge is 2.32. The Labute approximate surface area is 179 Å². The van der Waals surface area contributed by atoms with Gasteiger partial charge in [-0.05, 0) is 38.2 Å². The number of fused-ring (bicyclic) bond motifs is 1. The highest BCUT2D eigenvalue weighted by Crippen LogP contribution is 2.33. The van der Waals surface area contributed by atoms with Crippen LogP contribution in [0.1, 0.15) is 37.7 Å². The number of halogens is 4. The lowest BCUT2D eigenvalue weighted by molar-refractivity contribution is -0.137. The zero-order chi connectivity index (χ0) is 21.7. The molecule has 0 bridgehead atoms. The number of hydrogen-bond donors (Lipinski definition) is 2. The Balaban J connectivity index is 1.51. The van der Waals surface area contributed by atoms with Crippen LogP contribution in [0.15, 0.2) is 29.1 Å².